The molecule has 33 heavy (non-hydrogen) atoms. The lowest BCUT2D eigenvalue weighted by molar-refractivity contribution is -0.112. The molecule has 2 aromatic carbocycles. The molecular weight excluding hydrogens is 438 g/mol. The number of halogens is 1. The lowest BCUT2D eigenvalue weighted by Gasteiger charge is -2.10. The number of benzene rings is 2. The van der Waals surface area contributed by atoms with Crippen molar-refractivity contribution < 1.29 is 14.3 Å². The van der Waals surface area contributed by atoms with Gasteiger partial charge >= 0.3 is 5.97 Å². The molecule has 7 heteroatoms. The van der Waals surface area contributed by atoms with Gasteiger partial charge in [0.15, 0.2) is 0 Å². The molecule has 0 saturated heterocycles. The maximum Gasteiger partial charge on any atom is 0.338 e. The van der Waals surface area contributed by atoms with Crippen molar-refractivity contribution in [1.29, 1.82) is 5.26 Å². The van der Waals surface area contributed by atoms with Crippen molar-refractivity contribution in [3.8, 4) is 11.8 Å². The van der Waals surface area contributed by atoms with E-state index in [2.05, 4.69) is 5.32 Å². The van der Waals surface area contributed by atoms with Gasteiger partial charge in [-0.25, -0.2) is 4.79 Å². The Labute approximate surface area is 198 Å². The first-order valence-electron chi connectivity index (χ1n) is 10.4. The maximum absolute atomic E-state index is 12.7. The summed E-state index contributed by atoms with van der Waals surface area (Å²) in [6.45, 7) is 7.79. The number of aryl methyl sites for hydroxylation is 2. The minimum atomic E-state index is -0.513. The van der Waals surface area contributed by atoms with Gasteiger partial charge in [0.25, 0.3) is 5.91 Å². The van der Waals surface area contributed by atoms with Gasteiger partial charge in [0.2, 0.25) is 0 Å². The first-order chi connectivity index (χ1) is 15.7. The van der Waals surface area contributed by atoms with Crippen molar-refractivity contribution in [3.05, 3.63) is 87.2 Å². The number of esters is 1. The van der Waals surface area contributed by atoms with Crippen molar-refractivity contribution in [1.82, 2.24) is 4.57 Å². The van der Waals surface area contributed by atoms with E-state index < -0.39 is 5.91 Å². The highest BCUT2D eigenvalue weighted by Crippen LogP contribution is 2.24. The second-order valence-corrected chi connectivity index (χ2v) is 7.92. The van der Waals surface area contributed by atoms with E-state index in [1.165, 1.54) is 0 Å². The second kappa shape index (κ2) is 10.2. The number of anilines is 1. The van der Waals surface area contributed by atoms with Gasteiger partial charge in [0, 0.05) is 27.8 Å². The molecule has 1 amide bonds. The van der Waals surface area contributed by atoms with Crippen LogP contribution in [0, 0.1) is 32.1 Å². The number of nitriles is 1. The van der Waals surface area contributed by atoms with Crippen LogP contribution < -0.4 is 5.32 Å². The van der Waals surface area contributed by atoms with Gasteiger partial charge < -0.3 is 14.6 Å². The van der Waals surface area contributed by atoms with E-state index in [0.717, 1.165) is 28.2 Å². The maximum atomic E-state index is 12.7. The van der Waals surface area contributed by atoms with Gasteiger partial charge in [-0.15, -0.1) is 0 Å². The molecule has 0 unspecified atom stereocenters. The van der Waals surface area contributed by atoms with Crippen LogP contribution in [0.5, 0.6) is 0 Å². The predicted octanol–water partition coefficient (Wildman–Crippen LogP) is 5.78. The van der Waals surface area contributed by atoms with Gasteiger partial charge in [0.05, 0.1) is 12.2 Å². The largest absolute Gasteiger partial charge is 0.462 e. The smallest absolute Gasteiger partial charge is 0.338 e. The van der Waals surface area contributed by atoms with Gasteiger partial charge in [-0.05, 0) is 87.4 Å². The summed E-state index contributed by atoms with van der Waals surface area (Å²) in [7, 11) is 0. The number of aromatic nitrogens is 1. The number of ether oxygens (including phenoxy) is 1. The Balaban J connectivity index is 1.88. The van der Waals surface area contributed by atoms with Crippen molar-refractivity contribution in [2.24, 2.45) is 0 Å². The lowest BCUT2D eigenvalue weighted by atomic mass is 10.1. The van der Waals surface area contributed by atoms with E-state index in [4.69, 9.17) is 16.3 Å². The molecule has 0 spiro atoms. The van der Waals surface area contributed by atoms with Crippen molar-refractivity contribution in [2.45, 2.75) is 27.7 Å². The standard InChI is InChI=1S/C26H24ClN3O3/c1-5-33-26(32)19-7-10-23(11-8-19)30-17(3)12-20(18(30)4)13-21(15-28)25(31)29-22-9-6-16(2)24(27)14-22/h6-14H,5H2,1-4H3,(H,29,31)/b21-13+. The molecule has 3 aromatic rings. The molecular formula is C26H24ClN3O3. The van der Waals surface area contributed by atoms with Crippen molar-refractivity contribution in [3.63, 3.8) is 0 Å². The molecule has 0 fully saturated rings. The number of amides is 1. The summed E-state index contributed by atoms with van der Waals surface area (Å²) in [5.74, 6) is -0.880. The fourth-order valence-electron chi connectivity index (χ4n) is 3.47. The second-order valence-electron chi connectivity index (χ2n) is 7.52. The third-order valence-electron chi connectivity index (χ3n) is 5.20. The van der Waals surface area contributed by atoms with Crippen LogP contribution in [0.3, 0.4) is 0 Å². The molecule has 0 atom stereocenters. The minimum Gasteiger partial charge on any atom is -0.462 e. The highest BCUT2D eigenvalue weighted by molar-refractivity contribution is 6.31. The van der Waals surface area contributed by atoms with Gasteiger partial charge in [-0.3, -0.25) is 4.79 Å². The van der Waals surface area contributed by atoms with Crippen LogP contribution in [0.15, 0.2) is 54.1 Å². The summed E-state index contributed by atoms with van der Waals surface area (Å²) in [5, 5.41) is 12.8. The van der Waals surface area contributed by atoms with E-state index in [1.54, 1.807) is 43.3 Å². The topological polar surface area (TPSA) is 84.1 Å². The summed E-state index contributed by atoms with van der Waals surface area (Å²) < 4.78 is 7.02. The van der Waals surface area contributed by atoms with Gasteiger partial charge in [0.1, 0.15) is 11.6 Å². The molecule has 0 aliphatic heterocycles. The minimum absolute atomic E-state index is 0.0235. The van der Waals surface area contributed by atoms with Crippen LogP contribution in [0.25, 0.3) is 11.8 Å². The van der Waals surface area contributed by atoms with Crippen molar-refractivity contribution in [2.75, 3.05) is 11.9 Å². The Morgan fingerprint density at radius 2 is 1.82 bits per heavy atom. The summed E-state index contributed by atoms with van der Waals surface area (Å²) in [5.41, 5.74) is 5.25. The number of nitrogens with one attached hydrogen (secondary N) is 1. The first kappa shape index (κ1) is 23.8. The number of rotatable bonds is 6. The van der Waals surface area contributed by atoms with Crippen LogP contribution in [-0.2, 0) is 9.53 Å². The Bertz CT molecular complexity index is 1280. The average molecular weight is 462 g/mol. The number of hydrogen-bond donors (Lipinski definition) is 1. The molecule has 0 aliphatic carbocycles. The van der Waals surface area contributed by atoms with Crippen LogP contribution in [0.4, 0.5) is 5.69 Å². The normalized spacial score (nSPS) is 11.1. The third-order valence-corrected chi connectivity index (χ3v) is 5.61. The number of hydrogen-bond acceptors (Lipinski definition) is 4. The third kappa shape index (κ3) is 5.33. The molecule has 1 N–H and O–H groups in total. The molecule has 0 bridgehead atoms. The zero-order valence-corrected chi connectivity index (χ0v) is 19.7. The van der Waals surface area contributed by atoms with Crippen LogP contribution in [0.2, 0.25) is 5.02 Å². The average Bonchev–Trinajstić information content (AvgIpc) is 3.07. The van der Waals surface area contributed by atoms with Crippen molar-refractivity contribution >= 4 is 35.2 Å². The van der Waals surface area contributed by atoms with E-state index >= 15 is 0 Å². The Hall–Kier alpha value is -3.82. The fraction of sp³-hybridized carbons (Fsp3) is 0.192. The van der Waals surface area contributed by atoms with E-state index in [-0.39, 0.29) is 11.5 Å². The number of nitrogens with zero attached hydrogens (tertiary/aromatic N) is 2. The van der Waals surface area contributed by atoms with Gasteiger partial charge in [-0.2, -0.15) is 5.26 Å². The highest BCUT2D eigenvalue weighted by Gasteiger charge is 2.15. The summed E-state index contributed by atoms with van der Waals surface area (Å²) >= 11 is 6.12. The molecule has 0 aliphatic rings. The molecule has 6 nitrogen and oxygen atoms in total. The summed E-state index contributed by atoms with van der Waals surface area (Å²) in [6.07, 6.45) is 1.57. The van der Waals surface area contributed by atoms with Crippen LogP contribution >= 0.6 is 11.6 Å². The van der Waals surface area contributed by atoms with E-state index in [1.807, 2.05) is 49.6 Å². The Morgan fingerprint density at radius 3 is 2.42 bits per heavy atom. The number of carbonyl (C=O) groups is 2. The molecule has 1 heterocycles. The molecule has 3 rings (SSSR count). The zero-order chi connectivity index (χ0) is 24.1. The quantitative estimate of drug-likeness (QED) is 0.286. The molecule has 0 radical (unpaired) electrons. The number of carbonyl (C=O) groups excluding carboxylic acids is 2. The molecule has 168 valence electrons. The molecule has 1 aromatic heterocycles. The predicted molar refractivity (Wildman–Crippen MR) is 130 cm³/mol. The Kier molecular flexibility index (Phi) is 7.37. The van der Waals surface area contributed by atoms with Gasteiger partial charge in [-0.1, -0.05) is 17.7 Å². The molecule has 0 saturated carbocycles. The van der Waals surface area contributed by atoms with E-state index in [9.17, 15) is 14.9 Å². The highest BCUT2D eigenvalue weighted by atomic mass is 35.5. The summed E-state index contributed by atoms with van der Waals surface area (Å²) in [6, 6.07) is 16.2. The van der Waals surface area contributed by atoms with Crippen LogP contribution in [-0.4, -0.2) is 23.1 Å². The van der Waals surface area contributed by atoms with E-state index in [0.29, 0.717) is 22.9 Å². The summed E-state index contributed by atoms with van der Waals surface area (Å²) in [4.78, 5) is 24.6. The van der Waals surface area contributed by atoms with Crippen LogP contribution in [0.1, 0.15) is 39.8 Å². The lowest BCUT2D eigenvalue weighted by Crippen LogP contribution is -2.13. The first-order valence-corrected chi connectivity index (χ1v) is 10.8. The monoisotopic (exact) mass is 461 g/mol. The zero-order valence-electron chi connectivity index (χ0n) is 18.9. The Morgan fingerprint density at radius 1 is 1.12 bits per heavy atom. The fourth-order valence-corrected chi connectivity index (χ4v) is 3.65. The SMILES string of the molecule is CCOC(=O)c1ccc(-n2c(C)cc(/C=C(\C#N)C(=O)Nc3ccc(C)c(Cl)c3)c2C)cc1.